The minimum Gasteiger partial charge on any atom is -0.497 e. The van der Waals surface area contributed by atoms with Crippen LogP contribution in [0.4, 0.5) is 24.0 Å². The third kappa shape index (κ3) is 4.82. The summed E-state index contributed by atoms with van der Waals surface area (Å²) < 4.78 is 49.5. The molecule has 0 aliphatic heterocycles. The number of methoxy groups -OCH3 is 2. The Morgan fingerprint density at radius 3 is 2.57 bits per heavy atom. The van der Waals surface area contributed by atoms with Crippen molar-refractivity contribution in [1.29, 1.82) is 0 Å². The molecular formula is C20H17F3N2O4S. The number of carboxylic acid groups (broad SMARTS) is 1. The number of aliphatic carboxylic acids is 1. The van der Waals surface area contributed by atoms with Crippen LogP contribution in [0.5, 0.6) is 11.5 Å². The number of hydrogen-bond donors (Lipinski definition) is 2. The van der Waals surface area contributed by atoms with Gasteiger partial charge in [0.2, 0.25) is 0 Å². The predicted molar refractivity (Wildman–Crippen MR) is 107 cm³/mol. The third-order valence-corrected chi connectivity index (χ3v) is 5.08. The second kappa shape index (κ2) is 8.62. The van der Waals surface area contributed by atoms with E-state index in [4.69, 9.17) is 9.47 Å². The zero-order chi connectivity index (χ0) is 21.9. The van der Waals surface area contributed by atoms with Gasteiger partial charge in [-0.05, 0) is 36.4 Å². The van der Waals surface area contributed by atoms with Crippen LogP contribution in [0.15, 0.2) is 42.5 Å². The number of nitrogens with zero attached hydrogens (tertiary/aromatic N) is 1. The molecular weight excluding hydrogens is 421 g/mol. The van der Waals surface area contributed by atoms with E-state index in [-0.39, 0.29) is 17.2 Å². The van der Waals surface area contributed by atoms with E-state index in [0.717, 1.165) is 23.5 Å². The highest BCUT2D eigenvalue weighted by Gasteiger charge is 2.30. The topological polar surface area (TPSA) is 80.7 Å². The Balaban J connectivity index is 2.04. The first kappa shape index (κ1) is 21.4. The fourth-order valence-electron chi connectivity index (χ4n) is 2.77. The fourth-order valence-corrected chi connectivity index (χ4v) is 3.76. The Hall–Kier alpha value is -3.27. The second-order valence-corrected chi connectivity index (χ2v) is 7.21. The molecule has 0 saturated heterocycles. The molecule has 0 atom stereocenters. The number of carbonyl (C=O) groups is 1. The van der Waals surface area contributed by atoms with E-state index in [9.17, 15) is 23.1 Å². The average molecular weight is 438 g/mol. The Morgan fingerprint density at radius 2 is 1.93 bits per heavy atom. The highest BCUT2D eigenvalue weighted by atomic mass is 32.1. The van der Waals surface area contributed by atoms with Gasteiger partial charge in [0.25, 0.3) is 0 Å². The van der Waals surface area contributed by atoms with Crippen molar-refractivity contribution >= 4 is 28.1 Å². The molecule has 1 heterocycles. The number of benzene rings is 2. The van der Waals surface area contributed by atoms with Crippen LogP contribution in [0.25, 0.3) is 11.3 Å². The molecule has 0 bridgehead atoms. The van der Waals surface area contributed by atoms with E-state index >= 15 is 0 Å². The van der Waals surface area contributed by atoms with E-state index in [0.29, 0.717) is 27.6 Å². The summed E-state index contributed by atoms with van der Waals surface area (Å²) in [6, 6.07) is 9.69. The Kier molecular flexibility index (Phi) is 6.16. The first-order chi connectivity index (χ1) is 14.2. The van der Waals surface area contributed by atoms with Crippen molar-refractivity contribution < 1.29 is 32.5 Å². The van der Waals surface area contributed by atoms with Crippen LogP contribution in [-0.2, 0) is 17.4 Å². The van der Waals surface area contributed by atoms with E-state index in [1.807, 2.05) is 0 Å². The molecule has 2 aromatic carbocycles. The van der Waals surface area contributed by atoms with Crippen LogP contribution < -0.4 is 14.8 Å². The lowest BCUT2D eigenvalue weighted by molar-refractivity contribution is -0.138. The van der Waals surface area contributed by atoms with Crippen LogP contribution in [0.1, 0.15) is 10.4 Å². The number of hydrogen-bond acceptors (Lipinski definition) is 6. The number of anilines is 2. The summed E-state index contributed by atoms with van der Waals surface area (Å²) in [5.41, 5.74) is 0.253. The quantitative estimate of drug-likeness (QED) is 0.527. The fraction of sp³-hybridized carbons (Fsp3) is 0.200. The zero-order valence-corrected chi connectivity index (χ0v) is 16.7. The van der Waals surface area contributed by atoms with Crippen molar-refractivity contribution in [3.05, 3.63) is 52.9 Å². The number of ether oxygens (including phenoxy) is 2. The predicted octanol–water partition coefficient (Wildman–Crippen LogP) is 5.22. The molecule has 30 heavy (non-hydrogen) atoms. The van der Waals surface area contributed by atoms with Crippen molar-refractivity contribution in [3.63, 3.8) is 0 Å². The van der Waals surface area contributed by atoms with Gasteiger partial charge in [0.1, 0.15) is 11.5 Å². The zero-order valence-electron chi connectivity index (χ0n) is 15.9. The van der Waals surface area contributed by atoms with Crippen molar-refractivity contribution in [2.45, 2.75) is 12.6 Å². The van der Waals surface area contributed by atoms with Crippen molar-refractivity contribution in [1.82, 2.24) is 4.98 Å². The summed E-state index contributed by atoms with van der Waals surface area (Å²) in [4.78, 5) is 16.2. The molecule has 0 amide bonds. The maximum atomic E-state index is 13.0. The van der Waals surface area contributed by atoms with Gasteiger partial charge in [-0.25, -0.2) is 4.98 Å². The number of rotatable bonds is 7. The molecule has 0 radical (unpaired) electrons. The number of nitrogens with one attached hydrogen (secondary N) is 1. The summed E-state index contributed by atoms with van der Waals surface area (Å²) in [7, 11) is 2.96. The maximum absolute atomic E-state index is 13.0. The lowest BCUT2D eigenvalue weighted by Crippen LogP contribution is -2.05. The van der Waals surface area contributed by atoms with Gasteiger partial charge in [0, 0.05) is 16.1 Å². The average Bonchev–Trinajstić information content (AvgIpc) is 3.08. The molecule has 3 rings (SSSR count). The largest absolute Gasteiger partial charge is 0.497 e. The molecule has 0 saturated carbocycles. The van der Waals surface area contributed by atoms with Gasteiger partial charge < -0.3 is 19.9 Å². The molecule has 6 nitrogen and oxygen atoms in total. The van der Waals surface area contributed by atoms with Crippen LogP contribution in [-0.4, -0.2) is 30.3 Å². The van der Waals surface area contributed by atoms with Crippen LogP contribution in [0.3, 0.4) is 0 Å². The van der Waals surface area contributed by atoms with E-state index in [1.165, 1.54) is 26.4 Å². The molecule has 1 aromatic heterocycles. The molecule has 0 aliphatic carbocycles. The Morgan fingerprint density at radius 1 is 1.17 bits per heavy atom. The highest BCUT2D eigenvalue weighted by molar-refractivity contribution is 7.16. The van der Waals surface area contributed by atoms with Gasteiger partial charge in [-0.3, -0.25) is 4.79 Å². The van der Waals surface area contributed by atoms with Crippen LogP contribution >= 0.6 is 11.3 Å². The molecule has 0 unspecified atom stereocenters. The SMILES string of the molecule is COc1ccc(OC)c(-c2nc(Nc3cccc(C(F)(F)F)c3)sc2CC(=O)O)c1. The second-order valence-electron chi connectivity index (χ2n) is 6.13. The molecule has 158 valence electrons. The number of halogens is 3. The number of alkyl halides is 3. The Labute approximate surface area is 173 Å². The summed E-state index contributed by atoms with van der Waals surface area (Å²) in [6.07, 6.45) is -4.79. The maximum Gasteiger partial charge on any atom is 0.416 e. The van der Waals surface area contributed by atoms with Crippen LogP contribution in [0, 0.1) is 0 Å². The number of aromatic nitrogens is 1. The van der Waals surface area contributed by atoms with E-state index in [2.05, 4.69) is 10.3 Å². The number of thiazole rings is 1. The normalized spacial score (nSPS) is 11.2. The molecule has 0 aliphatic rings. The summed E-state index contributed by atoms with van der Waals surface area (Å²) in [6.45, 7) is 0. The van der Waals surface area contributed by atoms with Crippen LogP contribution in [0.2, 0.25) is 0 Å². The summed E-state index contributed by atoms with van der Waals surface area (Å²) >= 11 is 1.04. The van der Waals surface area contributed by atoms with Gasteiger partial charge in [-0.2, -0.15) is 13.2 Å². The van der Waals surface area contributed by atoms with Gasteiger partial charge >= 0.3 is 12.1 Å². The van der Waals surface area contributed by atoms with Gasteiger partial charge in [-0.1, -0.05) is 6.07 Å². The summed E-state index contributed by atoms with van der Waals surface area (Å²) in [5.74, 6) is -0.0850. The van der Waals surface area contributed by atoms with Gasteiger partial charge in [0.05, 0.1) is 31.9 Å². The third-order valence-electron chi connectivity index (χ3n) is 4.11. The van der Waals surface area contributed by atoms with E-state index < -0.39 is 17.7 Å². The monoisotopic (exact) mass is 438 g/mol. The highest BCUT2D eigenvalue weighted by Crippen LogP contribution is 2.40. The molecule has 3 aromatic rings. The standard InChI is InChI=1S/C20H17F3N2O4S/c1-28-13-6-7-15(29-2)14(9-13)18-16(10-17(26)27)30-19(25-18)24-12-5-3-4-11(8-12)20(21,22)23/h3-9H,10H2,1-2H3,(H,24,25)(H,26,27). The van der Waals surface area contributed by atoms with E-state index in [1.54, 1.807) is 18.2 Å². The first-order valence-corrected chi connectivity index (χ1v) is 9.41. The van der Waals surface area contributed by atoms with Crippen molar-refractivity contribution in [2.24, 2.45) is 0 Å². The molecule has 10 heteroatoms. The van der Waals surface area contributed by atoms with Crippen molar-refractivity contribution in [3.8, 4) is 22.8 Å². The smallest absolute Gasteiger partial charge is 0.416 e. The summed E-state index contributed by atoms with van der Waals surface area (Å²) in [5, 5.41) is 12.4. The first-order valence-electron chi connectivity index (χ1n) is 8.59. The lowest BCUT2D eigenvalue weighted by Gasteiger charge is -2.10. The Bertz CT molecular complexity index is 1070. The molecule has 0 spiro atoms. The molecule has 2 N–H and O–H groups in total. The minimum atomic E-state index is -4.48. The van der Waals surface area contributed by atoms with Gasteiger partial charge in [-0.15, -0.1) is 11.3 Å². The van der Waals surface area contributed by atoms with Gasteiger partial charge in [0.15, 0.2) is 5.13 Å². The number of carboxylic acids is 1. The molecule has 0 fully saturated rings. The lowest BCUT2D eigenvalue weighted by atomic mass is 10.1. The minimum absolute atomic E-state index is 0.185. The van der Waals surface area contributed by atoms with Crippen molar-refractivity contribution in [2.75, 3.05) is 19.5 Å².